The summed E-state index contributed by atoms with van der Waals surface area (Å²) in [6.07, 6.45) is 2.88. The summed E-state index contributed by atoms with van der Waals surface area (Å²) in [6.45, 7) is -0.438. The number of aromatic nitrogens is 2. The predicted molar refractivity (Wildman–Crippen MR) is 86.2 cm³/mol. The number of carboxylic acid groups (broad SMARTS) is 1. The van der Waals surface area contributed by atoms with Crippen LogP contribution in [0.4, 0.5) is 0 Å². The molecule has 6 nitrogen and oxygen atoms in total. The second-order valence-corrected chi connectivity index (χ2v) is 5.22. The summed E-state index contributed by atoms with van der Waals surface area (Å²) >= 11 is 11.7. The first-order valence-electron chi connectivity index (χ1n) is 6.43. The van der Waals surface area contributed by atoms with Crippen molar-refractivity contribution in [2.24, 2.45) is 7.05 Å². The standard InChI is InChI=1S/C15H12Cl2N2O4/c1-19-11(14(16)18-15(19)17)6-7-12(20)9-2-4-10(5-3-9)23-8-13(21)22/h2-7H,8H2,1H3,(H,21,22). The first-order valence-corrected chi connectivity index (χ1v) is 7.19. The van der Waals surface area contributed by atoms with E-state index in [0.29, 0.717) is 17.0 Å². The maximum atomic E-state index is 12.1. The van der Waals surface area contributed by atoms with Gasteiger partial charge in [-0.2, -0.15) is 0 Å². The molecule has 1 aromatic carbocycles. The van der Waals surface area contributed by atoms with E-state index in [0.717, 1.165) is 0 Å². The molecule has 1 N–H and O–H groups in total. The van der Waals surface area contributed by atoms with Crippen LogP contribution in [0.1, 0.15) is 16.1 Å². The number of aliphatic carboxylic acids is 1. The van der Waals surface area contributed by atoms with E-state index >= 15 is 0 Å². The molecule has 0 spiro atoms. The van der Waals surface area contributed by atoms with Gasteiger partial charge in [0.25, 0.3) is 0 Å². The van der Waals surface area contributed by atoms with Crippen LogP contribution in [0.25, 0.3) is 6.08 Å². The number of carbonyl (C=O) groups is 2. The molecule has 0 aliphatic heterocycles. The number of rotatable bonds is 6. The Balaban J connectivity index is 2.08. The predicted octanol–water partition coefficient (Wildman–Crippen LogP) is 3.09. The lowest BCUT2D eigenvalue weighted by atomic mass is 10.1. The molecule has 0 amide bonds. The molecule has 1 aromatic heterocycles. The zero-order valence-corrected chi connectivity index (χ0v) is 13.5. The number of nitrogens with zero attached hydrogens (tertiary/aromatic N) is 2. The van der Waals surface area contributed by atoms with Gasteiger partial charge in [-0.05, 0) is 48.0 Å². The van der Waals surface area contributed by atoms with Crippen molar-refractivity contribution in [3.8, 4) is 5.75 Å². The van der Waals surface area contributed by atoms with Gasteiger partial charge in [-0.3, -0.25) is 4.79 Å². The molecule has 2 rings (SSSR count). The van der Waals surface area contributed by atoms with Gasteiger partial charge in [0.2, 0.25) is 5.28 Å². The van der Waals surface area contributed by atoms with Crippen LogP contribution in [0.15, 0.2) is 30.3 Å². The van der Waals surface area contributed by atoms with Crippen LogP contribution in [0.3, 0.4) is 0 Å². The Labute approximate surface area is 141 Å². The summed E-state index contributed by atoms with van der Waals surface area (Å²) in [7, 11) is 1.68. The Morgan fingerprint density at radius 2 is 1.96 bits per heavy atom. The highest BCUT2D eigenvalue weighted by atomic mass is 35.5. The molecule has 0 fully saturated rings. The lowest BCUT2D eigenvalue weighted by Crippen LogP contribution is -2.09. The van der Waals surface area contributed by atoms with Gasteiger partial charge in [0.1, 0.15) is 5.75 Å². The van der Waals surface area contributed by atoms with Gasteiger partial charge in [-0.25, -0.2) is 9.78 Å². The van der Waals surface area contributed by atoms with E-state index in [-0.39, 0.29) is 16.2 Å². The van der Waals surface area contributed by atoms with Crippen molar-refractivity contribution in [2.45, 2.75) is 0 Å². The van der Waals surface area contributed by atoms with E-state index in [1.54, 1.807) is 23.7 Å². The molecule has 1 heterocycles. The highest BCUT2D eigenvalue weighted by molar-refractivity contribution is 6.33. The van der Waals surface area contributed by atoms with Gasteiger partial charge < -0.3 is 14.4 Å². The zero-order chi connectivity index (χ0) is 17.0. The second kappa shape index (κ2) is 7.30. The van der Waals surface area contributed by atoms with Crippen molar-refractivity contribution in [1.29, 1.82) is 0 Å². The lowest BCUT2D eigenvalue weighted by Gasteiger charge is -2.03. The van der Waals surface area contributed by atoms with E-state index in [1.807, 2.05) is 0 Å². The van der Waals surface area contributed by atoms with Crippen LogP contribution in [0, 0.1) is 0 Å². The van der Waals surface area contributed by atoms with Crippen molar-refractivity contribution < 1.29 is 19.4 Å². The number of imidazole rings is 1. The van der Waals surface area contributed by atoms with Crippen molar-refractivity contribution in [1.82, 2.24) is 9.55 Å². The third-order valence-corrected chi connectivity index (χ3v) is 3.55. The van der Waals surface area contributed by atoms with Crippen LogP contribution < -0.4 is 4.74 Å². The van der Waals surface area contributed by atoms with Crippen molar-refractivity contribution in [3.63, 3.8) is 0 Å². The summed E-state index contributed by atoms with van der Waals surface area (Å²) < 4.78 is 6.55. The van der Waals surface area contributed by atoms with Crippen molar-refractivity contribution in [2.75, 3.05) is 6.61 Å². The summed E-state index contributed by atoms with van der Waals surface area (Å²) in [5, 5.41) is 8.96. The molecule has 0 unspecified atom stereocenters. The summed E-state index contributed by atoms with van der Waals surface area (Å²) in [5.41, 5.74) is 0.944. The van der Waals surface area contributed by atoms with Gasteiger partial charge in [0.05, 0.1) is 5.69 Å². The number of halogens is 2. The van der Waals surface area contributed by atoms with Crippen LogP contribution >= 0.6 is 23.2 Å². The minimum Gasteiger partial charge on any atom is -0.482 e. The molecule has 2 aromatic rings. The fourth-order valence-corrected chi connectivity index (χ4v) is 2.23. The van der Waals surface area contributed by atoms with Crippen LogP contribution in [0.5, 0.6) is 5.75 Å². The number of carboxylic acids is 1. The molecule has 8 heteroatoms. The summed E-state index contributed by atoms with van der Waals surface area (Å²) in [4.78, 5) is 26.4. The SMILES string of the molecule is Cn1c(Cl)nc(Cl)c1C=CC(=O)c1ccc(OCC(=O)O)cc1. The summed E-state index contributed by atoms with van der Waals surface area (Å²) in [5.74, 6) is -0.947. The average Bonchev–Trinajstić information content (AvgIpc) is 2.76. The third-order valence-electron chi connectivity index (χ3n) is 2.93. The molecule has 0 radical (unpaired) electrons. The number of ether oxygens (including phenoxy) is 1. The molecular formula is C15H12Cl2N2O4. The molecule has 0 aliphatic rings. The number of benzene rings is 1. The quantitative estimate of drug-likeness (QED) is 0.636. The molecule has 23 heavy (non-hydrogen) atoms. The monoisotopic (exact) mass is 354 g/mol. The zero-order valence-electron chi connectivity index (χ0n) is 12.0. The number of ketones is 1. The van der Waals surface area contributed by atoms with Gasteiger partial charge in [-0.1, -0.05) is 11.6 Å². The fraction of sp³-hybridized carbons (Fsp3) is 0.133. The molecule has 0 bridgehead atoms. The number of carbonyl (C=O) groups excluding carboxylic acids is 1. The maximum absolute atomic E-state index is 12.1. The Kier molecular flexibility index (Phi) is 5.41. The molecular weight excluding hydrogens is 343 g/mol. The average molecular weight is 355 g/mol. The van der Waals surface area contributed by atoms with E-state index in [1.165, 1.54) is 24.3 Å². The first-order chi connectivity index (χ1) is 10.9. The lowest BCUT2D eigenvalue weighted by molar-refractivity contribution is -0.139. The fourth-order valence-electron chi connectivity index (χ4n) is 1.74. The van der Waals surface area contributed by atoms with Gasteiger partial charge >= 0.3 is 5.97 Å². The Morgan fingerprint density at radius 3 is 2.48 bits per heavy atom. The smallest absolute Gasteiger partial charge is 0.341 e. The molecule has 0 saturated heterocycles. The minimum atomic E-state index is -1.07. The number of allylic oxidation sites excluding steroid dienone is 1. The van der Waals surface area contributed by atoms with E-state index < -0.39 is 12.6 Å². The highest BCUT2D eigenvalue weighted by Gasteiger charge is 2.09. The van der Waals surface area contributed by atoms with Crippen LogP contribution in [-0.2, 0) is 11.8 Å². The van der Waals surface area contributed by atoms with E-state index in [2.05, 4.69) is 4.98 Å². The Morgan fingerprint density at radius 1 is 1.30 bits per heavy atom. The topological polar surface area (TPSA) is 81.4 Å². The summed E-state index contributed by atoms with van der Waals surface area (Å²) in [6, 6.07) is 6.14. The normalized spacial score (nSPS) is 10.9. The molecule has 0 atom stereocenters. The second-order valence-electron chi connectivity index (χ2n) is 4.52. The van der Waals surface area contributed by atoms with Gasteiger partial charge in [0.15, 0.2) is 17.5 Å². The molecule has 120 valence electrons. The molecule has 0 saturated carbocycles. The van der Waals surface area contributed by atoms with Gasteiger partial charge in [0, 0.05) is 12.6 Å². The number of hydrogen-bond donors (Lipinski definition) is 1. The van der Waals surface area contributed by atoms with Crippen molar-refractivity contribution >= 4 is 41.0 Å². The van der Waals surface area contributed by atoms with E-state index in [9.17, 15) is 9.59 Å². The molecule has 0 aliphatic carbocycles. The Bertz CT molecular complexity index is 767. The van der Waals surface area contributed by atoms with Crippen LogP contribution in [0.2, 0.25) is 10.4 Å². The highest BCUT2D eigenvalue weighted by Crippen LogP contribution is 2.21. The maximum Gasteiger partial charge on any atom is 0.341 e. The Hall–Kier alpha value is -2.31. The van der Waals surface area contributed by atoms with Gasteiger partial charge in [-0.15, -0.1) is 0 Å². The third kappa shape index (κ3) is 4.34. The van der Waals surface area contributed by atoms with E-state index in [4.69, 9.17) is 33.0 Å². The van der Waals surface area contributed by atoms with Crippen LogP contribution in [-0.4, -0.2) is 33.0 Å². The minimum absolute atomic E-state index is 0.207. The largest absolute Gasteiger partial charge is 0.482 e. The number of hydrogen-bond acceptors (Lipinski definition) is 4. The van der Waals surface area contributed by atoms with Crippen molar-refractivity contribution in [3.05, 3.63) is 52.0 Å². The first kappa shape index (κ1) is 17.1.